The van der Waals surface area contributed by atoms with Gasteiger partial charge < -0.3 is 15.3 Å². The van der Waals surface area contributed by atoms with Crippen molar-refractivity contribution in [1.29, 1.82) is 0 Å². The Morgan fingerprint density at radius 3 is 2.25 bits per heavy atom. The van der Waals surface area contributed by atoms with E-state index in [4.69, 9.17) is 9.94 Å². The summed E-state index contributed by atoms with van der Waals surface area (Å²) < 4.78 is 5.35. The molecule has 1 amide bonds. The van der Waals surface area contributed by atoms with Crippen molar-refractivity contribution in [3.63, 3.8) is 0 Å². The van der Waals surface area contributed by atoms with E-state index in [-0.39, 0.29) is 18.4 Å². The fourth-order valence-electron chi connectivity index (χ4n) is 2.24. The Labute approximate surface area is 143 Å². The van der Waals surface area contributed by atoms with Gasteiger partial charge >= 0.3 is 5.97 Å². The van der Waals surface area contributed by atoms with Gasteiger partial charge in [-0.3, -0.25) is 4.79 Å². The molecule has 0 saturated carbocycles. The molecule has 1 aromatic rings. The van der Waals surface area contributed by atoms with Crippen molar-refractivity contribution < 1.29 is 19.5 Å². The molecule has 6 nitrogen and oxygen atoms in total. The predicted molar refractivity (Wildman–Crippen MR) is 91.2 cm³/mol. The van der Waals surface area contributed by atoms with Crippen molar-refractivity contribution >= 4 is 11.9 Å². The molecular weight excluding hydrogens is 308 g/mol. The molecule has 0 saturated heterocycles. The van der Waals surface area contributed by atoms with E-state index in [0.29, 0.717) is 6.42 Å². The summed E-state index contributed by atoms with van der Waals surface area (Å²) in [6.45, 7) is 7.59. The maximum atomic E-state index is 12.4. The highest BCUT2D eigenvalue weighted by Crippen LogP contribution is 2.12. The van der Waals surface area contributed by atoms with E-state index in [2.05, 4.69) is 5.32 Å². The number of hydroxylamine groups is 1. The first-order valence-electron chi connectivity index (χ1n) is 8.31. The van der Waals surface area contributed by atoms with E-state index in [1.54, 1.807) is 13.8 Å². The SMILES string of the molecule is CC[C@H](C)[C@H](NC(=O)[C@@H](NO)C(C)C)C(=O)OCc1ccccc1. The molecule has 0 unspecified atom stereocenters. The van der Waals surface area contributed by atoms with Crippen LogP contribution < -0.4 is 10.8 Å². The largest absolute Gasteiger partial charge is 0.459 e. The minimum absolute atomic E-state index is 0.0799. The first-order valence-corrected chi connectivity index (χ1v) is 8.31. The van der Waals surface area contributed by atoms with Crippen LogP contribution in [0.3, 0.4) is 0 Å². The minimum Gasteiger partial charge on any atom is -0.459 e. The molecular formula is C18H28N2O4. The molecule has 6 heteroatoms. The van der Waals surface area contributed by atoms with E-state index < -0.39 is 24.0 Å². The zero-order valence-corrected chi connectivity index (χ0v) is 14.8. The highest BCUT2D eigenvalue weighted by atomic mass is 16.5. The van der Waals surface area contributed by atoms with E-state index in [0.717, 1.165) is 5.56 Å². The molecule has 0 spiro atoms. The van der Waals surface area contributed by atoms with Crippen molar-refractivity contribution in [3.8, 4) is 0 Å². The molecule has 0 fully saturated rings. The molecule has 1 aromatic carbocycles. The van der Waals surface area contributed by atoms with Crippen LogP contribution in [0.4, 0.5) is 0 Å². The summed E-state index contributed by atoms with van der Waals surface area (Å²) >= 11 is 0. The number of hydrogen-bond acceptors (Lipinski definition) is 5. The average molecular weight is 336 g/mol. The van der Waals surface area contributed by atoms with Gasteiger partial charge in [-0.05, 0) is 17.4 Å². The Bertz CT molecular complexity index is 519. The van der Waals surface area contributed by atoms with E-state index >= 15 is 0 Å². The number of carbonyl (C=O) groups excluding carboxylic acids is 2. The molecule has 0 aromatic heterocycles. The number of esters is 1. The summed E-state index contributed by atoms with van der Waals surface area (Å²) in [5.74, 6) is -1.09. The van der Waals surface area contributed by atoms with Gasteiger partial charge in [-0.25, -0.2) is 4.79 Å². The summed E-state index contributed by atoms with van der Waals surface area (Å²) in [6.07, 6.45) is 0.713. The molecule has 0 heterocycles. The minimum atomic E-state index is -0.779. The number of hydrogen-bond donors (Lipinski definition) is 3. The molecule has 0 bridgehead atoms. The molecule has 3 N–H and O–H groups in total. The highest BCUT2D eigenvalue weighted by Gasteiger charge is 2.31. The molecule has 0 aliphatic heterocycles. The number of ether oxygens (including phenoxy) is 1. The summed E-state index contributed by atoms with van der Waals surface area (Å²) in [5.41, 5.74) is 2.88. The Kier molecular flexibility index (Phi) is 8.43. The topological polar surface area (TPSA) is 87.7 Å². The molecule has 0 radical (unpaired) electrons. The lowest BCUT2D eigenvalue weighted by Crippen LogP contribution is -2.53. The van der Waals surface area contributed by atoms with E-state index in [9.17, 15) is 9.59 Å². The number of benzene rings is 1. The van der Waals surface area contributed by atoms with Crippen LogP contribution in [0.1, 0.15) is 39.7 Å². The Hall–Kier alpha value is -1.92. The quantitative estimate of drug-likeness (QED) is 0.476. The van der Waals surface area contributed by atoms with Gasteiger partial charge in [0.25, 0.3) is 0 Å². The summed E-state index contributed by atoms with van der Waals surface area (Å²) in [5, 5.41) is 11.8. The van der Waals surface area contributed by atoms with Gasteiger partial charge in [-0.2, -0.15) is 5.48 Å². The van der Waals surface area contributed by atoms with Gasteiger partial charge in [0.05, 0.1) is 0 Å². The molecule has 1 rings (SSSR count). The standard InChI is InChI=1S/C18H28N2O4/c1-5-13(4)16(19-17(21)15(20-23)12(2)3)18(22)24-11-14-9-7-6-8-10-14/h6-10,12-13,15-16,20,23H,5,11H2,1-4H3,(H,19,21)/t13-,15-,16-/m0/s1. The third kappa shape index (κ3) is 5.94. The predicted octanol–water partition coefficient (Wildman–Crippen LogP) is 2.26. The second-order valence-electron chi connectivity index (χ2n) is 6.32. The number of amides is 1. The van der Waals surface area contributed by atoms with Gasteiger partial charge in [0, 0.05) is 0 Å². The van der Waals surface area contributed by atoms with Crippen molar-refractivity contribution in [3.05, 3.63) is 35.9 Å². The molecule has 24 heavy (non-hydrogen) atoms. The number of rotatable bonds is 9. The van der Waals surface area contributed by atoms with E-state index in [1.165, 1.54) is 0 Å². The lowest BCUT2D eigenvalue weighted by molar-refractivity contribution is -0.151. The molecule has 0 aliphatic rings. The van der Waals surface area contributed by atoms with Crippen LogP contribution in [0.15, 0.2) is 30.3 Å². The normalized spacial score (nSPS) is 14.8. The summed E-state index contributed by atoms with van der Waals surface area (Å²) in [4.78, 5) is 24.7. The maximum absolute atomic E-state index is 12.4. The van der Waals surface area contributed by atoms with Crippen LogP contribution >= 0.6 is 0 Å². The smallest absolute Gasteiger partial charge is 0.329 e. The second-order valence-corrected chi connectivity index (χ2v) is 6.32. The van der Waals surface area contributed by atoms with Gasteiger partial charge in [0.1, 0.15) is 18.7 Å². The van der Waals surface area contributed by atoms with Crippen molar-refractivity contribution in [2.45, 2.75) is 52.8 Å². The van der Waals surface area contributed by atoms with Crippen LogP contribution in [-0.2, 0) is 20.9 Å². The summed E-state index contributed by atoms with van der Waals surface area (Å²) in [7, 11) is 0. The maximum Gasteiger partial charge on any atom is 0.329 e. The zero-order chi connectivity index (χ0) is 18.1. The third-order valence-electron chi connectivity index (χ3n) is 4.08. The van der Waals surface area contributed by atoms with Crippen LogP contribution in [0.5, 0.6) is 0 Å². The van der Waals surface area contributed by atoms with Gasteiger partial charge in [0.2, 0.25) is 5.91 Å². The first-order chi connectivity index (χ1) is 11.4. The highest BCUT2D eigenvalue weighted by molar-refractivity contribution is 5.87. The molecule has 0 aliphatic carbocycles. The first kappa shape index (κ1) is 20.1. The molecule has 3 atom stereocenters. The molecule has 134 valence electrons. The average Bonchev–Trinajstić information content (AvgIpc) is 2.58. The third-order valence-corrected chi connectivity index (χ3v) is 4.08. The van der Waals surface area contributed by atoms with Gasteiger partial charge in [0.15, 0.2) is 0 Å². The second kappa shape index (κ2) is 10.1. The zero-order valence-electron chi connectivity index (χ0n) is 14.8. The lowest BCUT2D eigenvalue weighted by Gasteiger charge is -2.26. The van der Waals surface area contributed by atoms with Crippen LogP contribution in [0.2, 0.25) is 0 Å². The Balaban J connectivity index is 2.73. The van der Waals surface area contributed by atoms with Crippen LogP contribution in [0.25, 0.3) is 0 Å². The van der Waals surface area contributed by atoms with E-state index in [1.807, 2.05) is 49.7 Å². The van der Waals surface area contributed by atoms with Crippen LogP contribution in [-0.4, -0.2) is 29.2 Å². The fraction of sp³-hybridized carbons (Fsp3) is 0.556. The number of carbonyl (C=O) groups is 2. The van der Waals surface area contributed by atoms with Crippen molar-refractivity contribution in [2.75, 3.05) is 0 Å². The van der Waals surface area contributed by atoms with Gasteiger partial charge in [-0.15, -0.1) is 0 Å². The Morgan fingerprint density at radius 1 is 1.12 bits per heavy atom. The number of nitrogens with one attached hydrogen (secondary N) is 2. The summed E-state index contributed by atoms with van der Waals surface area (Å²) in [6, 6.07) is 7.85. The fourth-order valence-corrected chi connectivity index (χ4v) is 2.24. The Morgan fingerprint density at radius 2 is 1.75 bits per heavy atom. The van der Waals surface area contributed by atoms with Crippen molar-refractivity contribution in [2.24, 2.45) is 11.8 Å². The van der Waals surface area contributed by atoms with Crippen LogP contribution in [0, 0.1) is 11.8 Å². The lowest BCUT2D eigenvalue weighted by atomic mass is 9.97. The van der Waals surface area contributed by atoms with Gasteiger partial charge in [-0.1, -0.05) is 64.4 Å². The van der Waals surface area contributed by atoms with Crippen molar-refractivity contribution in [1.82, 2.24) is 10.8 Å². The monoisotopic (exact) mass is 336 g/mol.